The third kappa shape index (κ3) is 4.52. The molecule has 2 aromatic rings. The molecule has 0 spiro atoms. The molecule has 2 heterocycles. The Morgan fingerprint density at radius 2 is 2.04 bits per heavy atom. The Kier molecular flexibility index (Phi) is 5.66. The first kappa shape index (κ1) is 20.3. The van der Waals surface area contributed by atoms with Crippen LogP contribution in [0, 0.1) is 0 Å². The van der Waals surface area contributed by atoms with E-state index in [-0.39, 0.29) is 17.1 Å². The maximum absolute atomic E-state index is 12.1. The number of rotatable bonds is 8. The van der Waals surface area contributed by atoms with Crippen molar-refractivity contribution < 1.29 is 13.2 Å². The molecule has 0 aromatic carbocycles. The van der Waals surface area contributed by atoms with Crippen LogP contribution in [0.2, 0.25) is 5.15 Å². The molecule has 0 saturated heterocycles. The first-order chi connectivity index (χ1) is 12.6. The molecule has 0 amide bonds. The molecule has 8 heteroatoms. The van der Waals surface area contributed by atoms with Crippen molar-refractivity contribution in [2.24, 2.45) is 5.73 Å². The van der Waals surface area contributed by atoms with E-state index in [9.17, 15) is 8.42 Å². The standard InChI is InChI=1S/C19H26ClN3O3S/c1-4-19(3,21)16-11-23-18(15-10-22-17(20)9-14(15)16)26-12(2)7-8-27(24,25)13-5-6-13/h9-13H,4-8,21H2,1-3H3/t12?,19-/m1/s1. The van der Waals surface area contributed by atoms with Gasteiger partial charge in [-0.25, -0.2) is 18.4 Å². The molecule has 6 nitrogen and oxygen atoms in total. The summed E-state index contributed by atoms with van der Waals surface area (Å²) in [7, 11) is -3.00. The molecule has 27 heavy (non-hydrogen) atoms. The molecule has 1 aliphatic rings. The Morgan fingerprint density at radius 1 is 1.33 bits per heavy atom. The Labute approximate surface area is 165 Å². The zero-order valence-electron chi connectivity index (χ0n) is 15.9. The van der Waals surface area contributed by atoms with Gasteiger partial charge in [-0.05, 0) is 56.5 Å². The van der Waals surface area contributed by atoms with Gasteiger partial charge in [0.05, 0.1) is 22.5 Å². The lowest BCUT2D eigenvalue weighted by atomic mass is 9.89. The van der Waals surface area contributed by atoms with Crippen LogP contribution in [-0.2, 0) is 15.4 Å². The van der Waals surface area contributed by atoms with Gasteiger partial charge in [-0.3, -0.25) is 0 Å². The minimum atomic E-state index is -3.00. The van der Waals surface area contributed by atoms with Gasteiger partial charge in [0.2, 0.25) is 5.88 Å². The van der Waals surface area contributed by atoms with Crippen molar-refractivity contribution in [2.45, 2.75) is 63.3 Å². The van der Waals surface area contributed by atoms with Crippen LogP contribution in [0.5, 0.6) is 5.88 Å². The lowest BCUT2D eigenvalue weighted by molar-refractivity contribution is 0.212. The average Bonchev–Trinajstić information content (AvgIpc) is 3.45. The summed E-state index contributed by atoms with van der Waals surface area (Å²) in [6.45, 7) is 5.82. The normalized spacial score (nSPS) is 18.3. The van der Waals surface area contributed by atoms with Crippen LogP contribution >= 0.6 is 11.6 Å². The molecule has 3 rings (SSSR count). The summed E-state index contributed by atoms with van der Waals surface area (Å²) in [5.74, 6) is 0.552. The predicted molar refractivity (Wildman–Crippen MR) is 108 cm³/mol. The highest BCUT2D eigenvalue weighted by Crippen LogP contribution is 2.34. The van der Waals surface area contributed by atoms with E-state index >= 15 is 0 Å². The van der Waals surface area contributed by atoms with E-state index in [1.165, 1.54) is 0 Å². The van der Waals surface area contributed by atoms with E-state index < -0.39 is 15.4 Å². The highest BCUT2D eigenvalue weighted by molar-refractivity contribution is 7.92. The molecule has 148 valence electrons. The SMILES string of the molecule is CC[C@@](C)(N)c1cnc(OC(C)CCS(=O)(=O)C2CC2)c2cnc(Cl)cc12. The first-order valence-corrected chi connectivity index (χ1v) is 11.3. The molecular formula is C19H26ClN3O3S. The molecule has 1 unspecified atom stereocenters. The molecule has 1 saturated carbocycles. The third-order valence-corrected chi connectivity index (χ3v) is 7.70. The van der Waals surface area contributed by atoms with Crippen molar-refractivity contribution in [2.75, 3.05) is 5.75 Å². The number of aromatic nitrogens is 2. The molecule has 0 aliphatic heterocycles. The van der Waals surface area contributed by atoms with Gasteiger partial charge in [-0.2, -0.15) is 0 Å². The number of nitrogens with zero attached hydrogens (tertiary/aromatic N) is 2. The highest BCUT2D eigenvalue weighted by Gasteiger charge is 2.35. The summed E-state index contributed by atoms with van der Waals surface area (Å²) in [6, 6.07) is 1.77. The summed E-state index contributed by atoms with van der Waals surface area (Å²) < 4.78 is 30.1. The molecule has 2 atom stereocenters. The van der Waals surface area contributed by atoms with Gasteiger partial charge in [0, 0.05) is 17.9 Å². The number of halogens is 1. The van der Waals surface area contributed by atoms with Crippen molar-refractivity contribution in [3.63, 3.8) is 0 Å². The smallest absolute Gasteiger partial charge is 0.223 e. The van der Waals surface area contributed by atoms with E-state index in [2.05, 4.69) is 9.97 Å². The van der Waals surface area contributed by atoms with Crippen LogP contribution in [0.15, 0.2) is 18.5 Å². The predicted octanol–water partition coefficient (Wildman–Crippen LogP) is 3.60. The maximum Gasteiger partial charge on any atom is 0.223 e. The van der Waals surface area contributed by atoms with Crippen molar-refractivity contribution >= 4 is 32.2 Å². The number of sulfone groups is 1. The number of ether oxygens (including phenoxy) is 1. The Bertz CT molecular complexity index is 943. The Hall–Kier alpha value is -1.44. The van der Waals surface area contributed by atoms with E-state index in [1.807, 2.05) is 20.8 Å². The lowest BCUT2D eigenvalue weighted by Gasteiger charge is -2.25. The molecule has 0 bridgehead atoms. The van der Waals surface area contributed by atoms with Crippen molar-refractivity contribution in [1.29, 1.82) is 0 Å². The zero-order chi connectivity index (χ0) is 19.8. The van der Waals surface area contributed by atoms with Crippen molar-refractivity contribution in [3.05, 3.63) is 29.2 Å². The molecule has 0 radical (unpaired) electrons. The molecule has 2 aromatic heterocycles. The van der Waals surface area contributed by atoms with Gasteiger partial charge in [-0.15, -0.1) is 0 Å². The van der Waals surface area contributed by atoms with Crippen LogP contribution in [-0.4, -0.2) is 35.5 Å². The minimum absolute atomic E-state index is 0.135. The van der Waals surface area contributed by atoms with Crippen molar-refractivity contribution in [3.8, 4) is 5.88 Å². The van der Waals surface area contributed by atoms with Crippen LogP contribution in [0.25, 0.3) is 10.8 Å². The molecule has 1 aliphatic carbocycles. The second-order valence-electron chi connectivity index (χ2n) is 7.58. The summed E-state index contributed by atoms with van der Waals surface area (Å²) in [5.41, 5.74) is 6.74. The zero-order valence-corrected chi connectivity index (χ0v) is 17.5. The van der Waals surface area contributed by atoms with Gasteiger partial charge >= 0.3 is 0 Å². The number of hydrogen-bond donors (Lipinski definition) is 1. The fourth-order valence-corrected chi connectivity index (χ4v) is 5.00. The first-order valence-electron chi connectivity index (χ1n) is 9.26. The van der Waals surface area contributed by atoms with E-state index in [1.54, 1.807) is 18.5 Å². The maximum atomic E-state index is 12.1. The van der Waals surface area contributed by atoms with Gasteiger partial charge in [0.25, 0.3) is 0 Å². The number of hydrogen-bond acceptors (Lipinski definition) is 6. The van der Waals surface area contributed by atoms with Gasteiger partial charge in [0.15, 0.2) is 9.84 Å². The average molecular weight is 412 g/mol. The monoisotopic (exact) mass is 411 g/mol. The Morgan fingerprint density at radius 3 is 2.67 bits per heavy atom. The van der Waals surface area contributed by atoms with Crippen molar-refractivity contribution in [1.82, 2.24) is 9.97 Å². The summed E-state index contributed by atoms with van der Waals surface area (Å²) in [4.78, 5) is 8.60. The van der Waals surface area contributed by atoms with Crippen LogP contribution in [0.4, 0.5) is 0 Å². The summed E-state index contributed by atoms with van der Waals surface area (Å²) in [6.07, 6.45) is 5.79. The minimum Gasteiger partial charge on any atom is -0.474 e. The third-order valence-electron chi connectivity index (χ3n) is 5.21. The van der Waals surface area contributed by atoms with E-state index in [0.717, 1.165) is 35.6 Å². The summed E-state index contributed by atoms with van der Waals surface area (Å²) in [5, 5.41) is 1.80. The highest BCUT2D eigenvalue weighted by atomic mass is 35.5. The van der Waals surface area contributed by atoms with E-state index in [0.29, 0.717) is 17.5 Å². The van der Waals surface area contributed by atoms with Gasteiger partial charge < -0.3 is 10.5 Å². The largest absolute Gasteiger partial charge is 0.474 e. The molecular weight excluding hydrogens is 386 g/mol. The van der Waals surface area contributed by atoms with Gasteiger partial charge in [0.1, 0.15) is 5.15 Å². The Balaban J connectivity index is 1.85. The van der Waals surface area contributed by atoms with Gasteiger partial charge in [-0.1, -0.05) is 18.5 Å². The fourth-order valence-electron chi connectivity index (χ4n) is 3.00. The van der Waals surface area contributed by atoms with E-state index in [4.69, 9.17) is 22.1 Å². The molecule has 2 N–H and O–H groups in total. The fraction of sp³-hybridized carbons (Fsp3) is 0.579. The van der Waals surface area contributed by atoms with Crippen LogP contribution in [0.1, 0.15) is 52.0 Å². The number of fused-ring (bicyclic) bond motifs is 1. The second kappa shape index (κ2) is 7.53. The number of nitrogens with two attached hydrogens (primary N) is 1. The number of pyridine rings is 2. The quantitative estimate of drug-likeness (QED) is 0.666. The second-order valence-corrected chi connectivity index (χ2v) is 10.4. The van der Waals surface area contributed by atoms with Crippen LogP contribution < -0.4 is 10.5 Å². The topological polar surface area (TPSA) is 95.2 Å². The van der Waals surface area contributed by atoms with Crippen LogP contribution in [0.3, 0.4) is 0 Å². The molecule has 1 fully saturated rings. The summed E-state index contributed by atoms with van der Waals surface area (Å²) >= 11 is 6.10. The lowest BCUT2D eigenvalue weighted by Crippen LogP contribution is -2.32.